The van der Waals surface area contributed by atoms with Crippen LogP contribution in [0.2, 0.25) is 0 Å². The van der Waals surface area contributed by atoms with Gasteiger partial charge in [-0.15, -0.1) is 0 Å². The minimum absolute atomic E-state index is 0.485. The summed E-state index contributed by atoms with van der Waals surface area (Å²) >= 11 is 0. The number of amides is 1. The molecule has 0 atom stereocenters. The molecule has 0 rings (SSSR count). The number of hydrogen-bond donors (Lipinski definition) is 1. The van der Waals surface area contributed by atoms with Gasteiger partial charge in [0.1, 0.15) is 0 Å². The van der Waals surface area contributed by atoms with E-state index < -0.39 is 5.91 Å². The minimum atomic E-state index is -0.485. The van der Waals surface area contributed by atoms with Gasteiger partial charge >= 0.3 is 0 Å². The average molecular weight is 96.1 g/mol. The van der Waals surface area contributed by atoms with Crippen molar-refractivity contribution in [3.8, 4) is 0 Å². The second-order valence-corrected chi connectivity index (χ2v) is 0.954. The van der Waals surface area contributed by atoms with Crippen LogP contribution >= 0.6 is 0 Å². The first kappa shape index (κ1) is 5.95. The third-order valence-electron chi connectivity index (χ3n) is 0.372. The highest BCUT2D eigenvalue weighted by atomic mass is 16.1. The standard InChI is InChI=1S/C5H6NO/c1-2-3-4-5(6)7/h1-4H,(H2,6,7). The van der Waals surface area contributed by atoms with Gasteiger partial charge in [0.2, 0.25) is 5.91 Å². The third-order valence-corrected chi connectivity index (χ3v) is 0.372. The summed E-state index contributed by atoms with van der Waals surface area (Å²) in [6, 6.07) is 0. The largest absolute Gasteiger partial charge is 0.366 e. The van der Waals surface area contributed by atoms with Crippen molar-refractivity contribution in [2.75, 3.05) is 0 Å². The molecule has 0 aromatic heterocycles. The van der Waals surface area contributed by atoms with Gasteiger partial charge in [-0.25, -0.2) is 0 Å². The SMILES string of the molecule is [CH]=CC=CC(N)=O. The summed E-state index contributed by atoms with van der Waals surface area (Å²) in [4.78, 5) is 9.82. The minimum Gasteiger partial charge on any atom is -0.366 e. The fraction of sp³-hybridized carbons (Fsp3) is 0. The van der Waals surface area contributed by atoms with Crippen LogP contribution in [0.25, 0.3) is 0 Å². The molecule has 0 fully saturated rings. The van der Waals surface area contributed by atoms with Gasteiger partial charge in [0, 0.05) is 6.08 Å². The van der Waals surface area contributed by atoms with Crippen molar-refractivity contribution in [1.82, 2.24) is 0 Å². The molecule has 0 aromatic carbocycles. The zero-order chi connectivity index (χ0) is 5.70. The van der Waals surface area contributed by atoms with Crippen LogP contribution < -0.4 is 5.73 Å². The number of nitrogens with two attached hydrogens (primary N) is 1. The molecule has 0 unspecified atom stereocenters. The molecule has 2 N–H and O–H groups in total. The Bertz CT molecular complexity index is 105. The van der Waals surface area contributed by atoms with Gasteiger partial charge in [-0.3, -0.25) is 4.79 Å². The molecule has 0 aliphatic carbocycles. The molecule has 1 amide bonds. The van der Waals surface area contributed by atoms with E-state index in [1.807, 2.05) is 0 Å². The van der Waals surface area contributed by atoms with Crippen molar-refractivity contribution in [2.45, 2.75) is 0 Å². The van der Waals surface area contributed by atoms with E-state index in [4.69, 9.17) is 6.58 Å². The van der Waals surface area contributed by atoms with Crippen molar-refractivity contribution in [3.63, 3.8) is 0 Å². The summed E-state index contributed by atoms with van der Waals surface area (Å²) in [5.41, 5.74) is 4.68. The van der Waals surface area contributed by atoms with E-state index in [0.717, 1.165) is 0 Å². The van der Waals surface area contributed by atoms with Gasteiger partial charge in [-0.1, -0.05) is 18.7 Å². The second kappa shape index (κ2) is 3.15. The summed E-state index contributed by atoms with van der Waals surface area (Å²) in [7, 11) is 0. The molecule has 0 aliphatic rings. The molecule has 0 spiro atoms. The van der Waals surface area contributed by atoms with E-state index in [-0.39, 0.29) is 0 Å². The molecule has 7 heavy (non-hydrogen) atoms. The molecule has 0 aliphatic heterocycles. The van der Waals surface area contributed by atoms with Gasteiger partial charge in [-0.2, -0.15) is 0 Å². The molecule has 0 bridgehead atoms. The second-order valence-electron chi connectivity index (χ2n) is 0.954. The first-order chi connectivity index (χ1) is 3.27. The Morgan fingerprint density at radius 3 is 2.43 bits per heavy atom. The maximum absolute atomic E-state index is 9.82. The Kier molecular flexibility index (Phi) is 2.68. The van der Waals surface area contributed by atoms with E-state index in [2.05, 4.69) is 5.73 Å². The van der Waals surface area contributed by atoms with Crippen LogP contribution in [0.4, 0.5) is 0 Å². The topological polar surface area (TPSA) is 43.1 Å². The number of primary amides is 1. The van der Waals surface area contributed by atoms with Crippen LogP contribution in [0.3, 0.4) is 0 Å². The quantitative estimate of drug-likeness (QED) is 0.382. The molecular weight excluding hydrogens is 90.1 g/mol. The molecule has 1 radical (unpaired) electrons. The Labute approximate surface area is 42.3 Å². The predicted molar refractivity (Wildman–Crippen MR) is 27.2 cm³/mol. The normalized spacial score (nSPS) is 9.14. The molecule has 37 valence electrons. The van der Waals surface area contributed by atoms with Crippen LogP contribution in [-0.4, -0.2) is 5.91 Å². The zero-order valence-electron chi connectivity index (χ0n) is 3.79. The van der Waals surface area contributed by atoms with Crippen LogP contribution in [-0.2, 0) is 4.79 Å². The highest BCUT2D eigenvalue weighted by molar-refractivity contribution is 5.85. The monoisotopic (exact) mass is 96.0 g/mol. The van der Waals surface area contributed by atoms with Gasteiger partial charge in [0.25, 0.3) is 0 Å². The fourth-order valence-electron chi connectivity index (χ4n) is 0.150. The van der Waals surface area contributed by atoms with Gasteiger partial charge in [0.05, 0.1) is 0 Å². The molecule has 2 heteroatoms. The van der Waals surface area contributed by atoms with Crippen molar-refractivity contribution >= 4 is 5.91 Å². The van der Waals surface area contributed by atoms with Gasteiger partial charge < -0.3 is 5.73 Å². The van der Waals surface area contributed by atoms with E-state index in [9.17, 15) is 4.79 Å². The molecule has 0 saturated carbocycles. The van der Waals surface area contributed by atoms with Crippen LogP contribution in [0.5, 0.6) is 0 Å². The Morgan fingerprint density at radius 2 is 2.29 bits per heavy atom. The molecule has 0 heterocycles. The summed E-state index contributed by atoms with van der Waals surface area (Å²) in [6.07, 6.45) is 3.80. The molecule has 2 nitrogen and oxygen atoms in total. The lowest BCUT2D eigenvalue weighted by molar-refractivity contribution is -0.113. The maximum atomic E-state index is 9.82. The third kappa shape index (κ3) is 4.95. The summed E-state index contributed by atoms with van der Waals surface area (Å²) in [5.74, 6) is -0.485. The van der Waals surface area contributed by atoms with Crippen LogP contribution in [0.1, 0.15) is 0 Å². The lowest BCUT2D eigenvalue weighted by Crippen LogP contribution is -2.04. The van der Waals surface area contributed by atoms with Crippen molar-refractivity contribution in [2.24, 2.45) is 5.73 Å². The van der Waals surface area contributed by atoms with E-state index in [0.29, 0.717) is 0 Å². The van der Waals surface area contributed by atoms with E-state index in [1.165, 1.54) is 18.2 Å². The number of carbonyl (C=O) groups is 1. The summed E-state index contributed by atoms with van der Waals surface area (Å²) < 4.78 is 0. The van der Waals surface area contributed by atoms with E-state index >= 15 is 0 Å². The van der Waals surface area contributed by atoms with E-state index in [1.54, 1.807) is 0 Å². The zero-order valence-corrected chi connectivity index (χ0v) is 3.79. The summed E-state index contributed by atoms with van der Waals surface area (Å²) in [5, 5.41) is 0. The van der Waals surface area contributed by atoms with Gasteiger partial charge in [0.15, 0.2) is 0 Å². The lowest BCUT2D eigenvalue weighted by Gasteiger charge is -1.71. The van der Waals surface area contributed by atoms with Crippen molar-refractivity contribution < 1.29 is 4.79 Å². The Hall–Kier alpha value is -1.05. The highest BCUT2D eigenvalue weighted by Gasteiger charge is 1.74. The lowest BCUT2D eigenvalue weighted by atomic mass is 10.5. The average Bonchev–Trinajstić information content (AvgIpc) is 1.61. The molecular formula is C5H6NO. The Balaban J connectivity index is 3.46. The predicted octanol–water partition coefficient (Wildman–Crippen LogP) is 0.0171. The van der Waals surface area contributed by atoms with Crippen LogP contribution in [0.15, 0.2) is 18.2 Å². The number of carbonyl (C=O) groups excluding carboxylic acids is 1. The number of rotatable bonds is 2. The molecule has 0 aromatic rings. The van der Waals surface area contributed by atoms with Gasteiger partial charge in [-0.05, 0) is 0 Å². The molecule has 0 saturated heterocycles. The first-order valence-corrected chi connectivity index (χ1v) is 1.78. The van der Waals surface area contributed by atoms with Crippen molar-refractivity contribution in [1.29, 1.82) is 0 Å². The first-order valence-electron chi connectivity index (χ1n) is 1.78. The fourth-order valence-corrected chi connectivity index (χ4v) is 0.150. The Morgan fingerprint density at radius 1 is 1.71 bits per heavy atom. The summed E-state index contributed by atoms with van der Waals surface area (Å²) in [6.45, 7) is 4.86. The number of allylic oxidation sites excluding steroid dienone is 2. The van der Waals surface area contributed by atoms with Crippen LogP contribution in [0, 0.1) is 6.58 Å². The maximum Gasteiger partial charge on any atom is 0.241 e. The highest BCUT2D eigenvalue weighted by Crippen LogP contribution is 1.67. The smallest absolute Gasteiger partial charge is 0.241 e. The van der Waals surface area contributed by atoms with Crippen molar-refractivity contribution in [3.05, 3.63) is 24.8 Å². The number of hydrogen-bond acceptors (Lipinski definition) is 1.